The number of sulfonamides is 1. The van der Waals surface area contributed by atoms with Crippen LogP contribution in [0.25, 0.3) is 0 Å². The summed E-state index contributed by atoms with van der Waals surface area (Å²) < 4.78 is 58.4. The summed E-state index contributed by atoms with van der Waals surface area (Å²) in [5, 5.41) is 2.49. The standard InChI is InChI=1S/C19H21F2N3O4S/c1-23(29(26,27)16-5-2-14(20)3-6-16)13-19(25)22-15-4-7-18(17(21)12-15)24-8-10-28-11-9-24/h2-7,12H,8-11,13H2,1H3,(H,22,25). The summed E-state index contributed by atoms with van der Waals surface area (Å²) in [7, 11) is -2.72. The van der Waals surface area contributed by atoms with Gasteiger partial charge in [-0.1, -0.05) is 0 Å². The van der Waals surface area contributed by atoms with Gasteiger partial charge in [0.05, 0.1) is 30.3 Å². The van der Waals surface area contributed by atoms with E-state index in [2.05, 4.69) is 5.32 Å². The summed E-state index contributed by atoms with van der Waals surface area (Å²) >= 11 is 0. The molecule has 156 valence electrons. The van der Waals surface area contributed by atoms with Crippen LogP contribution in [0.15, 0.2) is 47.4 Å². The zero-order valence-electron chi connectivity index (χ0n) is 15.8. The van der Waals surface area contributed by atoms with Crippen molar-refractivity contribution in [3.05, 3.63) is 54.1 Å². The first kappa shape index (κ1) is 21.2. The monoisotopic (exact) mass is 425 g/mol. The van der Waals surface area contributed by atoms with Gasteiger partial charge in [-0.25, -0.2) is 17.2 Å². The molecule has 1 aliphatic heterocycles. The molecule has 2 aromatic rings. The molecule has 0 aromatic heterocycles. The Morgan fingerprint density at radius 3 is 2.41 bits per heavy atom. The van der Waals surface area contributed by atoms with E-state index in [1.54, 1.807) is 12.1 Å². The van der Waals surface area contributed by atoms with Crippen molar-refractivity contribution in [1.29, 1.82) is 0 Å². The minimum Gasteiger partial charge on any atom is -0.378 e. The molecule has 3 rings (SSSR count). The first-order valence-corrected chi connectivity index (χ1v) is 10.4. The predicted octanol–water partition coefficient (Wildman–Crippen LogP) is 2.06. The molecule has 1 fully saturated rings. The maximum absolute atomic E-state index is 14.4. The Morgan fingerprint density at radius 2 is 1.79 bits per heavy atom. The molecule has 1 saturated heterocycles. The fraction of sp³-hybridized carbons (Fsp3) is 0.316. The Bertz CT molecular complexity index is 977. The van der Waals surface area contributed by atoms with Gasteiger partial charge in [-0.2, -0.15) is 4.31 Å². The van der Waals surface area contributed by atoms with Crippen molar-refractivity contribution < 1.29 is 26.7 Å². The van der Waals surface area contributed by atoms with Gasteiger partial charge in [0, 0.05) is 25.8 Å². The summed E-state index contributed by atoms with van der Waals surface area (Å²) in [6.45, 7) is 1.72. The van der Waals surface area contributed by atoms with Crippen molar-refractivity contribution in [2.45, 2.75) is 4.90 Å². The van der Waals surface area contributed by atoms with E-state index in [9.17, 15) is 22.0 Å². The van der Waals surface area contributed by atoms with E-state index in [0.717, 1.165) is 28.6 Å². The molecule has 0 spiro atoms. The molecule has 0 bridgehead atoms. The van der Waals surface area contributed by atoms with Crippen LogP contribution in [-0.4, -0.2) is 58.5 Å². The molecular weight excluding hydrogens is 404 g/mol. The van der Waals surface area contributed by atoms with Crippen LogP contribution in [0.4, 0.5) is 20.2 Å². The number of hydrogen-bond donors (Lipinski definition) is 1. The molecule has 0 unspecified atom stereocenters. The molecule has 7 nitrogen and oxygen atoms in total. The number of anilines is 2. The van der Waals surface area contributed by atoms with Crippen molar-refractivity contribution in [2.24, 2.45) is 0 Å². The van der Waals surface area contributed by atoms with Crippen LogP contribution in [0, 0.1) is 11.6 Å². The number of ether oxygens (including phenoxy) is 1. The number of hydrogen-bond acceptors (Lipinski definition) is 5. The fourth-order valence-electron chi connectivity index (χ4n) is 2.92. The van der Waals surface area contributed by atoms with Crippen LogP contribution >= 0.6 is 0 Å². The Kier molecular flexibility index (Phi) is 6.46. The van der Waals surface area contributed by atoms with E-state index >= 15 is 0 Å². The summed E-state index contributed by atoms with van der Waals surface area (Å²) in [4.78, 5) is 14.0. The molecular formula is C19H21F2N3O4S. The van der Waals surface area contributed by atoms with E-state index in [4.69, 9.17) is 4.74 Å². The summed E-state index contributed by atoms with van der Waals surface area (Å²) in [5.74, 6) is -1.68. The van der Waals surface area contributed by atoms with Crippen LogP contribution in [0.5, 0.6) is 0 Å². The van der Waals surface area contributed by atoms with E-state index in [-0.39, 0.29) is 10.6 Å². The van der Waals surface area contributed by atoms with Gasteiger partial charge in [-0.15, -0.1) is 0 Å². The zero-order chi connectivity index (χ0) is 21.0. The predicted molar refractivity (Wildman–Crippen MR) is 104 cm³/mol. The van der Waals surface area contributed by atoms with Gasteiger partial charge in [0.1, 0.15) is 11.6 Å². The molecule has 0 atom stereocenters. The third-order valence-electron chi connectivity index (χ3n) is 4.47. The van der Waals surface area contributed by atoms with Crippen LogP contribution in [0.3, 0.4) is 0 Å². The maximum Gasteiger partial charge on any atom is 0.243 e. The Labute approximate surface area is 167 Å². The quantitative estimate of drug-likeness (QED) is 0.767. The van der Waals surface area contributed by atoms with Gasteiger partial charge < -0.3 is 15.0 Å². The van der Waals surface area contributed by atoms with Crippen molar-refractivity contribution in [3.63, 3.8) is 0 Å². The lowest BCUT2D eigenvalue weighted by atomic mass is 10.2. The van der Waals surface area contributed by atoms with Gasteiger partial charge in [-0.3, -0.25) is 4.79 Å². The smallest absolute Gasteiger partial charge is 0.243 e. The summed E-state index contributed by atoms with van der Waals surface area (Å²) in [6, 6.07) is 8.61. The molecule has 2 aromatic carbocycles. The molecule has 1 heterocycles. The summed E-state index contributed by atoms with van der Waals surface area (Å²) in [6.07, 6.45) is 0. The topological polar surface area (TPSA) is 79.0 Å². The number of nitrogens with zero attached hydrogens (tertiary/aromatic N) is 2. The molecule has 1 aliphatic rings. The summed E-state index contributed by atoms with van der Waals surface area (Å²) in [5.41, 5.74) is 0.638. The lowest BCUT2D eigenvalue weighted by Gasteiger charge is -2.29. The number of benzene rings is 2. The first-order chi connectivity index (χ1) is 13.8. The number of carbonyl (C=O) groups is 1. The van der Waals surface area contributed by atoms with Crippen LogP contribution in [-0.2, 0) is 19.6 Å². The molecule has 1 amide bonds. The molecule has 0 aliphatic carbocycles. The highest BCUT2D eigenvalue weighted by Gasteiger charge is 2.23. The van der Waals surface area contributed by atoms with Crippen LogP contribution in [0.1, 0.15) is 0 Å². The average molecular weight is 425 g/mol. The highest BCUT2D eigenvalue weighted by atomic mass is 32.2. The molecule has 1 N–H and O–H groups in total. The maximum atomic E-state index is 14.4. The third kappa shape index (κ3) is 5.08. The third-order valence-corrected chi connectivity index (χ3v) is 6.29. The number of rotatable bonds is 6. The lowest BCUT2D eigenvalue weighted by Crippen LogP contribution is -2.36. The Balaban J connectivity index is 1.64. The van der Waals surface area contributed by atoms with Gasteiger partial charge in [-0.05, 0) is 42.5 Å². The van der Waals surface area contributed by atoms with E-state index in [0.29, 0.717) is 32.0 Å². The van der Waals surface area contributed by atoms with Crippen molar-refractivity contribution in [2.75, 3.05) is 50.1 Å². The Hall–Kier alpha value is -2.56. The van der Waals surface area contributed by atoms with E-state index in [1.165, 1.54) is 13.1 Å². The minimum atomic E-state index is -3.96. The highest BCUT2D eigenvalue weighted by Crippen LogP contribution is 2.24. The van der Waals surface area contributed by atoms with Crippen molar-refractivity contribution >= 4 is 27.3 Å². The van der Waals surface area contributed by atoms with Crippen LogP contribution < -0.4 is 10.2 Å². The van der Waals surface area contributed by atoms with E-state index < -0.39 is 34.1 Å². The highest BCUT2D eigenvalue weighted by molar-refractivity contribution is 7.89. The number of nitrogens with one attached hydrogen (secondary N) is 1. The minimum absolute atomic E-state index is 0.130. The second-order valence-corrected chi connectivity index (χ2v) is 8.57. The molecule has 29 heavy (non-hydrogen) atoms. The van der Waals surface area contributed by atoms with Crippen molar-refractivity contribution in [3.8, 4) is 0 Å². The van der Waals surface area contributed by atoms with Gasteiger partial charge in [0.15, 0.2) is 0 Å². The molecule has 0 saturated carbocycles. The fourth-order valence-corrected chi connectivity index (χ4v) is 4.05. The van der Waals surface area contributed by atoms with Gasteiger partial charge in [0.25, 0.3) is 0 Å². The van der Waals surface area contributed by atoms with Gasteiger partial charge >= 0.3 is 0 Å². The number of morpholine rings is 1. The lowest BCUT2D eigenvalue weighted by molar-refractivity contribution is -0.116. The average Bonchev–Trinajstić information content (AvgIpc) is 2.69. The zero-order valence-corrected chi connectivity index (χ0v) is 16.6. The number of likely N-dealkylation sites (N-methyl/N-ethyl adjacent to an activating group) is 1. The molecule has 10 heteroatoms. The SMILES string of the molecule is CN(CC(=O)Nc1ccc(N2CCOCC2)c(F)c1)S(=O)(=O)c1ccc(F)cc1. The van der Waals surface area contributed by atoms with Gasteiger partial charge in [0.2, 0.25) is 15.9 Å². The Morgan fingerprint density at radius 1 is 1.14 bits per heavy atom. The number of halogens is 2. The second-order valence-electron chi connectivity index (χ2n) is 6.53. The number of amides is 1. The van der Waals surface area contributed by atoms with E-state index in [1.807, 2.05) is 4.90 Å². The second kappa shape index (κ2) is 8.85. The molecule has 0 radical (unpaired) electrons. The normalized spacial score (nSPS) is 14.8. The first-order valence-electron chi connectivity index (χ1n) is 8.91. The van der Waals surface area contributed by atoms with Crippen LogP contribution in [0.2, 0.25) is 0 Å². The largest absolute Gasteiger partial charge is 0.378 e. The number of carbonyl (C=O) groups excluding carboxylic acids is 1. The van der Waals surface area contributed by atoms with Crippen molar-refractivity contribution in [1.82, 2.24) is 4.31 Å².